The molecule has 4 aliphatic rings. The van der Waals surface area contributed by atoms with E-state index in [1.807, 2.05) is 66.4 Å². The monoisotopic (exact) mass is 584 g/mol. The molecule has 8 heteroatoms. The van der Waals surface area contributed by atoms with Crippen LogP contribution in [0.25, 0.3) is 5.57 Å². The van der Waals surface area contributed by atoms with Crippen LogP contribution in [-0.4, -0.2) is 43.5 Å². The molecule has 1 amide bonds. The summed E-state index contributed by atoms with van der Waals surface area (Å²) in [5.41, 5.74) is 3.45. The van der Waals surface area contributed by atoms with Gasteiger partial charge in [0.15, 0.2) is 23.1 Å². The number of methoxy groups -OCH3 is 1. The molecule has 4 aromatic carbocycles. The third-order valence-corrected chi connectivity index (χ3v) is 9.47. The second kappa shape index (κ2) is 9.57. The molecule has 4 aliphatic heterocycles. The fourth-order valence-electron chi connectivity index (χ4n) is 7.54. The van der Waals surface area contributed by atoms with Crippen molar-refractivity contribution in [2.24, 2.45) is 5.92 Å². The summed E-state index contributed by atoms with van der Waals surface area (Å²) in [7, 11) is 1.57. The topological polar surface area (TPSA) is 94.2 Å². The van der Waals surface area contributed by atoms with E-state index in [1.165, 1.54) is 0 Å². The first-order chi connectivity index (χ1) is 21.4. The summed E-state index contributed by atoms with van der Waals surface area (Å²) < 4.78 is 16.5. The summed E-state index contributed by atoms with van der Waals surface area (Å²) in [4.78, 5) is 46.5. The molecule has 4 atom stereocenters. The minimum atomic E-state index is -1.40. The fourth-order valence-corrected chi connectivity index (χ4v) is 7.54. The predicted molar refractivity (Wildman–Crippen MR) is 165 cm³/mol. The Morgan fingerprint density at radius 2 is 1.61 bits per heavy atom. The zero-order chi connectivity index (χ0) is 30.2. The highest BCUT2D eigenvalue weighted by atomic mass is 16.7. The van der Waals surface area contributed by atoms with Crippen LogP contribution in [0.4, 0.5) is 11.4 Å². The van der Waals surface area contributed by atoms with Crippen LogP contribution in [0.3, 0.4) is 0 Å². The Morgan fingerprint density at radius 1 is 0.886 bits per heavy atom. The molecule has 0 bridgehead atoms. The number of rotatable bonds is 5. The third kappa shape index (κ3) is 3.48. The number of hydrogen-bond acceptors (Lipinski definition) is 7. The number of nitrogens with zero attached hydrogens (tertiary/aromatic N) is 1. The molecular weight excluding hydrogens is 556 g/mol. The minimum absolute atomic E-state index is 0.0609. The van der Waals surface area contributed by atoms with Gasteiger partial charge in [-0.3, -0.25) is 14.4 Å². The van der Waals surface area contributed by atoms with Crippen molar-refractivity contribution in [2.45, 2.75) is 24.4 Å². The highest BCUT2D eigenvalue weighted by Crippen LogP contribution is 2.59. The first-order valence-electron chi connectivity index (χ1n) is 14.5. The molecule has 1 saturated heterocycles. The lowest BCUT2D eigenvalue weighted by molar-refractivity contribution is -0.121. The Morgan fingerprint density at radius 3 is 2.43 bits per heavy atom. The third-order valence-electron chi connectivity index (χ3n) is 9.47. The fraction of sp³-hybridized carbons (Fsp3) is 0.194. The highest BCUT2D eigenvalue weighted by molar-refractivity contribution is 6.18. The molecule has 44 heavy (non-hydrogen) atoms. The van der Waals surface area contributed by atoms with E-state index in [2.05, 4.69) is 5.32 Å². The van der Waals surface area contributed by atoms with E-state index in [0.29, 0.717) is 39.6 Å². The maximum Gasteiger partial charge on any atom is 0.238 e. The molecule has 8 rings (SSSR count). The van der Waals surface area contributed by atoms with Crippen LogP contribution in [0.1, 0.15) is 38.8 Å². The Hall–Kier alpha value is -5.37. The highest BCUT2D eigenvalue weighted by Gasteiger charge is 2.70. The second-order valence-corrected chi connectivity index (χ2v) is 11.5. The number of hydrogen-bond donors (Lipinski definition) is 1. The second-order valence-electron chi connectivity index (χ2n) is 11.5. The van der Waals surface area contributed by atoms with Gasteiger partial charge in [-0.2, -0.15) is 0 Å². The summed E-state index contributed by atoms with van der Waals surface area (Å²) in [5.74, 6) is -0.351. The molecule has 0 aromatic heterocycles. The first kappa shape index (κ1) is 26.3. The predicted octanol–water partition coefficient (Wildman–Crippen LogP) is 5.67. The molecule has 0 radical (unpaired) electrons. The normalized spacial score (nSPS) is 23.9. The van der Waals surface area contributed by atoms with Crippen molar-refractivity contribution in [1.29, 1.82) is 0 Å². The summed E-state index contributed by atoms with van der Waals surface area (Å²) in [6.07, 6.45) is 2.05. The van der Waals surface area contributed by atoms with Crippen molar-refractivity contribution < 1.29 is 28.6 Å². The number of ketones is 2. The molecule has 1 spiro atoms. The van der Waals surface area contributed by atoms with E-state index < -0.39 is 23.4 Å². The lowest BCUT2D eigenvalue weighted by atomic mass is 9.64. The van der Waals surface area contributed by atoms with Crippen LogP contribution >= 0.6 is 0 Å². The molecule has 4 heterocycles. The Kier molecular flexibility index (Phi) is 5.71. The van der Waals surface area contributed by atoms with Gasteiger partial charge in [0.2, 0.25) is 12.7 Å². The van der Waals surface area contributed by atoms with E-state index >= 15 is 4.79 Å². The zero-order valence-corrected chi connectivity index (χ0v) is 24.1. The summed E-state index contributed by atoms with van der Waals surface area (Å²) in [6, 6.07) is 25.6. The van der Waals surface area contributed by atoms with Gasteiger partial charge >= 0.3 is 0 Å². The molecule has 4 aromatic rings. The van der Waals surface area contributed by atoms with Crippen LogP contribution in [-0.2, 0) is 10.2 Å². The van der Waals surface area contributed by atoms with Gasteiger partial charge in [0, 0.05) is 28.1 Å². The Balaban J connectivity index is 1.41. The average molecular weight is 585 g/mol. The van der Waals surface area contributed by atoms with Crippen LogP contribution in [0, 0.1) is 5.92 Å². The van der Waals surface area contributed by atoms with Gasteiger partial charge in [0.25, 0.3) is 0 Å². The van der Waals surface area contributed by atoms with Crippen LogP contribution < -0.4 is 24.4 Å². The minimum Gasteiger partial charge on any atom is -0.497 e. The van der Waals surface area contributed by atoms with Crippen molar-refractivity contribution in [3.05, 3.63) is 119 Å². The maximum atomic E-state index is 15.1. The van der Waals surface area contributed by atoms with Crippen LogP contribution in [0.2, 0.25) is 0 Å². The van der Waals surface area contributed by atoms with Crippen molar-refractivity contribution in [3.63, 3.8) is 0 Å². The summed E-state index contributed by atoms with van der Waals surface area (Å²) >= 11 is 0. The van der Waals surface area contributed by atoms with Crippen molar-refractivity contribution in [3.8, 4) is 17.2 Å². The van der Waals surface area contributed by atoms with E-state index in [1.54, 1.807) is 49.6 Å². The van der Waals surface area contributed by atoms with Gasteiger partial charge in [-0.1, -0.05) is 42.5 Å². The smallest absolute Gasteiger partial charge is 0.238 e. The number of allylic oxidation sites excluding steroid dienone is 1. The molecule has 0 aliphatic carbocycles. The molecular formula is C36H28N2O6. The van der Waals surface area contributed by atoms with Crippen LogP contribution in [0.5, 0.6) is 17.2 Å². The number of carbonyl (C=O) groups is 3. The molecule has 1 N–H and O–H groups in total. The van der Waals surface area contributed by atoms with E-state index in [0.717, 1.165) is 16.8 Å². The number of benzene rings is 4. The standard InChI is InChI=1S/C36H28N2O6/c1-20-17-30-36(25-8-4-5-9-26(25)37-35(36)41)31(33(39)22-13-16-28-29(18-22)44-19-43-28)32(38(30)27-10-6-3-7-24(20)27)34(40)21-11-14-23(42-2)15-12-21/h3-18,30-32H,19H2,1-2H3,(H,37,41). The zero-order valence-electron chi connectivity index (χ0n) is 24.1. The van der Waals surface area contributed by atoms with E-state index in [4.69, 9.17) is 14.2 Å². The Labute approximate surface area is 253 Å². The number of amides is 1. The first-order valence-corrected chi connectivity index (χ1v) is 14.5. The van der Waals surface area contributed by atoms with E-state index in [9.17, 15) is 9.59 Å². The van der Waals surface area contributed by atoms with Crippen molar-refractivity contribution in [2.75, 3.05) is 24.1 Å². The summed E-state index contributed by atoms with van der Waals surface area (Å²) in [6.45, 7) is 2.07. The summed E-state index contributed by atoms with van der Waals surface area (Å²) in [5, 5.41) is 3.07. The SMILES string of the molecule is COc1ccc(C(=O)C2C(C(=O)c3ccc4c(c3)OCO4)C3(C(=O)Nc4ccccc43)C3C=C(C)c4ccccc4N23)cc1. The molecule has 4 unspecified atom stereocenters. The molecule has 8 nitrogen and oxygen atoms in total. The van der Waals surface area contributed by atoms with Gasteiger partial charge in [-0.15, -0.1) is 0 Å². The number of ether oxygens (including phenoxy) is 3. The van der Waals surface area contributed by atoms with Gasteiger partial charge in [0.05, 0.1) is 19.1 Å². The molecule has 1 fully saturated rings. The Bertz CT molecular complexity index is 1910. The van der Waals surface area contributed by atoms with Gasteiger partial charge < -0.3 is 24.4 Å². The number of para-hydroxylation sites is 2. The van der Waals surface area contributed by atoms with E-state index in [-0.39, 0.29) is 24.3 Å². The average Bonchev–Trinajstić information content (AvgIpc) is 3.73. The number of carbonyl (C=O) groups excluding carboxylic acids is 3. The van der Waals surface area contributed by atoms with Gasteiger partial charge in [0.1, 0.15) is 17.2 Å². The van der Waals surface area contributed by atoms with Crippen molar-refractivity contribution in [1.82, 2.24) is 0 Å². The molecule has 218 valence electrons. The lowest BCUT2D eigenvalue weighted by Gasteiger charge is -2.39. The van der Waals surface area contributed by atoms with Crippen molar-refractivity contribution >= 4 is 34.4 Å². The van der Waals surface area contributed by atoms with Gasteiger partial charge in [-0.05, 0) is 72.7 Å². The number of fused-ring (bicyclic) bond motifs is 7. The molecule has 0 saturated carbocycles. The lowest BCUT2D eigenvalue weighted by Crippen LogP contribution is -2.51. The number of Topliss-reactive ketones (excluding diaryl/α,β-unsaturated/α-hetero) is 2. The maximum absolute atomic E-state index is 15.1. The van der Waals surface area contributed by atoms with Gasteiger partial charge in [-0.25, -0.2) is 0 Å². The number of nitrogens with one attached hydrogen (secondary N) is 1. The number of anilines is 2. The quantitative estimate of drug-likeness (QED) is 0.302. The largest absolute Gasteiger partial charge is 0.497 e. The van der Waals surface area contributed by atoms with Crippen LogP contribution in [0.15, 0.2) is 97.1 Å².